The Hall–Kier alpha value is -1.65. The minimum atomic E-state index is -1.06. The third-order valence-corrected chi connectivity index (χ3v) is 2.01. The van der Waals surface area contributed by atoms with Gasteiger partial charge in [-0.3, -0.25) is 0 Å². The normalized spacial score (nSPS) is 9.29. The summed E-state index contributed by atoms with van der Waals surface area (Å²) in [5, 5.41) is 12.2. The summed E-state index contributed by atoms with van der Waals surface area (Å²) in [7, 11) is 0. The molecule has 5 nitrogen and oxygen atoms in total. The summed E-state index contributed by atoms with van der Waals surface area (Å²) in [6, 6.07) is 2.93. The van der Waals surface area contributed by atoms with E-state index in [9.17, 15) is 4.79 Å². The molecule has 0 bridgehead atoms. The van der Waals surface area contributed by atoms with E-state index in [0.717, 1.165) is 0 Å². The van der Waals surface area contributed by atoms with Crippen molar-refractivity contribution in [3.63, 3.8) is 0 Å². The van der Waals surface area contributed by atoms with Crippen molar-refractivity contribution in [2.45, 2.75) is 11.8 Å². The highest BCUT2D eigenvalue weighted by atomic mass is 32.1. The first-order valence-electron chi connectivity index (χ1n) is 3.68. The highest BCUT2D eigenvalue weighted by Crippen LogP contribution is 2.26. The molecule has 0 fully saturated rings. The number of nitrogens with zero attached hydrogens (tertiary/aromatic N) is 3. The number of thiol groups is 1. The molecular weight excluding hydrogens is 202 g/mol. The van der Waals surface area contributed by atoms with Crippen molar-refractivity contribution in [1.82, 2.24) is 0 Å². The summed E-state index contributed by atoms with van der Waals surface area (Å²) in [6.07, 6.45) is 0. The summed E-state index contributed by atoms with van der Waals surface area (Å²) >= 11 is 4.01. The number of hydrogen-bond donors (Lipinski definition) is 2. The fraction of sp³-hybridized carbons (Fsp3) is 0.125. The van der Waals surface area contributed by atoms with Gasteiger partial charge in [0.2, 0.25) is 0 Å². The second kappa shape index (κ2) is 4.04. The van der Waals surface area contributed by atoms with Crippen molar-refractivity contribution in [2.75, 3.05) is 0 Å². The lowest BCUT2D eigenvalue weighted by atomic mass is 10.1. The Balaban J connectivity index is 3.46. The average molecular weight is 209 g/mol. The summed E-state index contributed by atoms with van der Waals surface area (Å²) in [4.78, 5) is 13.8. The predicted octanol–water partition coefficient (Wildman–Crippen LogP) is 2.92. The topological polar surface area (TPSA) is 86.1 Å². The fourth-order valence-corrected chi connectivity index (χ4v) is 1.31. The largest absolute Gasteiger partial charge is 0.478 e. The number of azide groups is 1. The first-order valence-corrected chi connectivity index (χ1v) is 4.13. The molecule has 0 aliphatic heterocycles. The quantitative estimate of drug-likeness (QED) is 0.339. The molecule has 1 rings (SSSR count). The number of carboxylic acids is 1. The molecule has 1 aromatic carbocycles. The summed E-state index contributed by atoms with van der Waals surface area (Å²) in [5.74, 6) is -1.06. The molecule has 0 amide bonds. The Bertz CT molecular complexity index is 415. The summed E-state index contributed by atoms with van der Waals surface area (Å²) in [5.41, 5.74) is 9.07. The Kier molecular flexibility index (Phi) is 3.01. The Morgan fingerprint density at radius 3 is 2.79 bits per heavy atom. The third kappa shape index (κ3) is 1.99. The molecule has 0 spiro atoms. The van der Waals surface area contributed by atoms with E-state index in [2.05, 4.69) is 22.7 Å². The van der Waals surface area contributed by atoms with Crippen molar-refractivity contribution in [3.8, 4) is 0 Å². The van der Waals surface area contributed by atoms with E-state index < -0.39 is 5.97 Å². The summed E-state index contributed by atoms with van der Waals surface area (Å²) < 4.78 is 0. The minimum absolute atomic E-state index is 0.0971. The van der Waals surface area contributed by atoms with Gasteiger partial charge in [0.05, 0.1) is 5.56 Å². The molecule has 0 atom stereocenters. The van der Waals surface area contributed by atoms with Crippen LogP contribution in [0.5, 0.6) is 0 Å². The van der Waals surface area contributed by atoms with E-state index in [-0.39, 0.29) is 11.3 Å². The van der Waals surface area contributed by atoms with Crippen molar-refractivity contribution in [2.24, 2.45) is 5.11 Å². The molecule has 0 saturated heterocycles. The van der Waals surface area contributed by atoms with Crippen molar-refractivity contribution in [3.05, 3.63) is 33.7 Å². The molecule has 0 aromatic heterocycles. The number of benzene rings is 1. The van der Waals surface area contributed by atoms with Crippen LogP contribution in [-0.2, 0) is 0 Å². The van der Waals surface area contributed by atoms with Gasteiger partial charge in [0.15, 0.2) is 0 Å². The molecule has 1 N–H and O–H groups in total. The number of aromatic carboxylic acids is 1. The molecular formula is C8H7N3O2S. The molecule has 1 aromatic rings. The zero-order valence-electron chi connectivity index (χ0n) is 7.30. The molecule has 0 aliphatic carbocycles. The van der Waals surface area contributed by atoms with Gasteiger partial charge in [-0.1, -0.05) is 5.11 Å². The molecule has 0 aliphatic rings. The number of rotatable bonds is 2. The highest BCUT2D eigenvalue weighted by molar-refractivity contribution is 7.80. The standard InChI is InChI=1S/C8H7N3O2S/c1-4-6(8(12)13)2-5(14)3-7(4)10-11-9/h2-3,14H,1H3,(H,12,13). The van der Waals surface area contributed by atoms with E-state index in [1.54, 1.807) is 6.92 Å². The van der Waals surface area contributed by atoms with Gasteiger partial charge in [-0.25, -0.2) is 4.79 Å². The molecule has 6 heteroatoms. The van der Waals surface area contributed by atoms with Crippen molar-refractivity contribution < 1.29 is 9.90 Å². The number of carboxylic acid groups (broad SMARTS) is 1. The van der Waals surface area contributed by atoms with Gasteiger partial charge in [-0.15, -0.1) is 12.6 Å². The molecule has 0 heterocycles. The van der Waals surface area contributed by atoms with E-state index in [1.165, 1.54) is 12.1 Å². The molecule has 0 unspecified atom stereocenters. The molecule has 72 valence electrons. The van der Waals surface area contributed by atoms with Crippen LogP contribution in [0.3, 0.4) is 0 Å². The van der Waals surface area contributed by atoms with Crippen LogP contribution in [0.4, 0.5) is 5.69 Å². The van der Waals surface area contributed by atoms with E-state index in [0.29, 0.717) is 10.5 Å². The van der Waals surface area contributed by atoms with Crippen LogP contribution in [0.25, 0.3) is 10.4 Å². The highest BCUT2D eigenvalue weighted by Gasteiger charge is 2.10. The Morgan fingerprint density at radius 2 is 2.29 bits per heavy atom. The van der Waals surface area contributed by atoms with Crippen LogP contribution in [-0.4, -0.2) is 11.1 Å². The Labute approximate surface area is 85.4 Å². The fourth-order valence-electron chi connectivity index (χ4n) is 1.06. The lowest BCUT2D eigenvalue weighted by Gasteiger charge is -2.04. The lowest BCUT2D eigenvalue weighted by Crippen LogP contribution is -1.99. The van der Waals surface area contributed by atoms with Gasteiger partial charge in [-0.2, -0.15) is 0 Å². The third-order valence-electron chi connectivity index (χ3n) is 1.75. The van der Waals surface area contributed by atoms with Crippen LogP contribution in [0, 0.1) is 6.92 Å². The van der Waals surface area contributed by atoms with Crippen molar-refractivity contribution >= 4 is 24.3 Å². The van der Waals surface area contributed by atoms with Gasteiger partial charge >= 0.3 is 5.97 Å². The maximum absolute atomic E-state index is 10.8. The van der Waals surface area contributed by atoms with Crippen LogP contribution < -0.4 is 0 Å². The zero-order chi connectivity index (χ0) is 10.7. The maximum Gasteiger partial charge on any atom is 0.336 e. The first kappa shape index (κ1) is 10.4. The van der Waals surface area contributed by atoms with Gasteiger partial charge in [-0.05, 0) is 30.2 Å². The smallest absolute Gasteiger partial charge is 0.336 e. The second-order valence-corrected chi connectivity index (χ2v) is 3.15. The minimum Gasteiger partial charge on any atom is -0.478 e. The van der Waals surface area contributed by atoms with Gasteiger partial charge in [0.25, 0.3) is 0 Å². The first-order chi connectivity index (χ1) is 6.56. The van der Waals surface area contributed by atoms with Crippen LogP contribution in [0.2, 0.25) is 0 Å². The molecule has 0 radical (unpaired) electrons. The van der Waals surface area contributed by atoms with Crippen LogP contribution in [0.15, 0.2) is 22.1 Å². The van der Waals surface area contributed by atoms with Gasteiger partial charge < -0.3 is 5.11 Å². The van der Waals surface area contributed by atoms with E-state index >= 15 is 0 Å². The average Bonchev–Trinajstić information content (AvgIpc) is 2.10. The Morgan fingerprint density at radius 1 is 1.64 bits per heavy atom. The van der Waals surface area contributed by atoms with Gasteiger partial charge in [0.1, 0.15) is 0 Å². The monoisotopic (exact) mass is 209 g/mol. The molecule has 0 saturated carbocycles. The SMILES string of the molecule is Cc1c(N=[N+]=[N-])cc(S)cc1C(=O)O. The van der Waals surface area contributed by atoms with Crippen LogP contribution in [0.1, 0.15) is 15.9 Å². The summed E-state index contributed by atoms with van der Waals surface area (Å²) in [6.45, 7) is 1.58. The van der Waals surface area contributed by atoms with Gasteiger partial charge in [0, 0.05) is 15.5 Å². The zero-order valence-corrected chi connectivity index (χ0v) is 8.19. The number of hydrogen-bond acceptors (Lipinski definition) is 3. The van der Waals surface area contributed by atoms with E-state index in [1.807, 2.05) is 0 Å². The molecule has 14 heavy (non-hydrogen) atoms. The number of carbonyl (C=O) groups is 1. The van der Waals surface area contributed by atoms with Crippen molar-refractivity contribution in [1.29, 1.82) is 0 Å². The van der Waals surface area contributed by atoms with E-state index in [4.69, 9.17) is 10.6 Å². The lowest BCUT2D eigenvalue weighted by molar-refractivity contribution is 0.0696. The second-order valence-electron chi connectivity index (χ2n) is 2.63. The maximum atomic E-state index is 10.8. The van der Waals surface area contributed by atoms with Crippen LogP contribution >= 0.6 is 12.6 Å². The predicted molar refractivity (Wildman–Crippen MR) is 54.2 cm³/mol.